The van der Waals surface area contributed by atoms with Crippen molar-refractivity contribution in [2.24, 2.45) is 0 Å². The number of nitrogens with one attached hydrogen (secondary N) is 1. The van der Waals surface area contributed by atoms with Crippen molar-refractivity contribution < 1.29 is 4.79 Å². The molecular weight excluding hydrogens is 172 g/mol. The van der Waals surface area contributed by atoms with Gasteiger partial charge in [0.25, 0.3) is 5.91 Å². The van der Waals surface area contributed by atoms with Gasteiger partial charge in [-0.2, -0.15) is 0 Å². The van der Waals surface area contributed by atoms with Crippen LogP contribution in [-0.4, -0.2) is 16.4 Å². The van der Waals surface area contributed by atoms with Crippen LogP contribution in [0, 0.1) is 0 Å². The van der Waals surface area contributed by atoms with E-state index in [0.29, 0.717) is 5.69 Å². The second-order valence-corrected chi connectivity index (χ2v) is 4.30. The van der Waals surface area contributed by atoms with Crippen LogP contribution in [0.5, 0.6) is 0 Å². The zero-order valence-electron chi connectivity index (χ0n) is 7.42. The highest BCUT2D eigenvalue weighted by molar-refractivity contribution is 7.07. The molecule has 0 radical (unpaired) electrons. The fourth-order valence-electron chi connectivity index (χ4n) is 0.729. The molecule has 0 aliphatic heterocycles. The van der Waals surface area contributed by atoms with Crippen LogP contribution >= 0.6 is 11.3 Å². The first-order valence-electron chi connectivity index (χ1n) is 3.70. The monoisotopic (exact) mass is 184 g/mol. The Morgan fingerprint density at radius 3 is 2.67 bits per heavy atom. The summed E-state index contributed by atoms with van der Waals surface area (Å²) in [6.07, 6.45) is 0. The molecule has 4 heteroatoms. The molecule has 0 bridgehead atoms. The zero-order valence-corrected chi connectivity index (χ0v) is 8.23. The van der Waals surface area contributed by atoms with Gasteiger partial charge in [0.1, 0.15) is 5.69 Å². The summed E-state index contributed by atoms with van der Waals surface area (Å²) in [4.78, 5) is 15.3. The number of carbonyl (C=O) groups is 1. The Morgan fingerprint density at radius 1 is 1.58 bits per heavy atom. The first-order chi connectivity index (χ1) is 5.49. The van der Waals surface area contributed by atoms with Crippen LogP contribution < -0.4 is 5.32 Å². The number of nitrogens with zero attached hydrogens (tertiary/aromatic N) is 1. The molecule has 1 rings (SSSR count). The highest BCUT2D eigenvalue weighted by atomic mass is 32.1. The molecule has 0 saturated heterocycles. The fraction of sp³-hybridized carbons (Fsp3) is 0.500. The molecule has 0 saturated carbocycles. The molecule has 0 fully saturated rings. The van der Waals surface area contributed by atoms with Crippen LogP contribution in [0.25, 0.3) is 0 Å². The average Bonchev–Trinajstić information content (AvgIpc) is 2.32. The molecular formula is C8H12N2OS. The molecule has 0 unspecified atom stereocenters. The van der Waals surface area contributed by atoms with Crippen LogP contribution in [0.1, 0.15) is 31.3 Å². The summed E-state index contributed by atoms with van der Waals surface area (Å²) in [5, 5.41) is 4.56. The van der Waals surface area contributed by atoms with Gasteiger partial charge in [-0.25, -0.2) is 4.98 Å². The van der Waals surface area contributed by atoms with Gasteiger partial charge in [-0.3, -0.25) is 4.79 Å². The van der Waals surface area contributed by atoms with Crippen LogP contribution in [0.15, 0.2) is 10.9 Å². The van der Waals surface area contributed by atoms with Gasteiger partial charge in [-0.15, -0.1) is 11.3 Å². The number of thiazole rings is 1. The molecule has 0 aliphatic carbocycles. The van der Waals surface area contributed by atoms with E-state index in [1.54, 1.807) is 10.9 Å². The summed E-state index contributed by atoms with van der Waals surface area (Å²) in [6, 6.07) is 0. The first kappa shape index (κ1) is 9.19. The lowest BCUT2D eigenvalue weighted by molar-refractivity contribution is 0.0915. The van der Waals surface area contributed by atoms with E-state index >= 15 is 0 Å². The third kappa shape index (κ3) is 2.62. The van der Waals surface area contributed by atoms with Crippen molar-refractivity contribution >= 4 is 17.2 Å². The van der Waals surface area contributed by atoms with E-state index in [2.05, 4.69) is 10.3 Å². The van der Waals surface area contributed by atoms with Crippen molar-refractivity contribution in [3.05, 3.63) is 16.6 Å². The Kier molecular flexibility index (Phi) is 2.47. The third-order valence-corrected chi connectivity index (χ3v) is 1.74. The molecule has 0 spiro atoms. The van der Waals surface area contributed by atoms with Gasteiger partial charge in [0.05, 0.1) is 5.51 Å². The number of amides is 1. The van der Waals surface area contributed by atoms with Gasteiger partial charge < -0.3 is 5.32 Å². The normalized spacial score (nSPS) is 11.2. The molecule has 0 atom stereocenters. The standard InChI is InChI=1S/C8H12N2OS/c1-8(2,3)10-7(11)6-4-12-5-9-6/h4-5H,1-3H3,(H,10,11). The van der Waals surface area contributed by atoms with Gasteiger partial charge in [0, 0.05) is 10.9 Å². The Labute approximate surface area is 75.8 Å². The Balaban J connectivity index is 2.63. The van der Waals surface area contributed by atoms with E-state index in [4.69, 9.17) is 0 Å². The van der Waals surface area contributed by atoms with E-state index in [1.807, 2.05) is 20.8 Å². The second kappa shape index (κ2) is 3.23. The maximum absolute atomic E-state index is 11.4. The minimum atomic E-state index is -0.194. The highest BCUT2D eigenvalue weighted by Crippen LogP contribution is 2.04. The summed E-state index contributed by atoms with van der Waals surface area (Å²) in [5.41, 5.74) is 1.95. The summed E-state index contributed by atoms with van der Waals surface area (Å²) >= 11 is 1.42. The zero-order chi connectivity index (χ0) is 9.19. The lowest BCUT2D eigenvalue weighted by Crippen LogP contribution is -2.40. The smallest absolute Gasteiger partial charge is 0.271 e. The Bertz CT molecular complexity index is 261. The highest BCUT2D eigenvalue weighted by Gasteiger charge is 2.15. The molecule has 1 N–H and O–H groups in total. The van der Waals surface area contributed by atoms with Crippen molar-refractivity contribution in [3.63, 3.8) is 0 Å². The van der Waals surface area contributed by atoms with Gasteiger partial charge in [0.15, 0.2) is 0 Å². The van der Waals surface area contributed by atoms with Crippen molar-refractivity contribution in [2.45, 2.75) is 26.3 Å². The van der Waals surface area contributed by atoms with E-state index in [-0.39, 0.29) is 11.4 Å². The number of rotatable bonds is 1. The predicted octanol–water partition coefficient (Wildman–Crippen LogP) is 1.67. The quantitative estimate of drug-likeness (QED) is 0.721. The van der Waals surface area contributed by atoms with Gasteiger partial charge in [-0.1, -0.05) is 0 Å². The van der Waals surface area contributed by atoms with Crippen LogP contribution in [0.2, 0.25) is 0 Å². The largest absolute Gasteiger partial charge is 0.346 e. The molecule has 12 heavy (non-hydrogen) atoms. The predicted molar refractivity (Wildman–Crippen MR) is 49.3 cm³/mol. The van der Waals surface area contributed by atoms with Crippen LogP contribution in [0.4, 0.5) is 0 Å². The van der Waals surface area contributed by atoms with E-state index in [0.717, 1.165) is 0 Å². The van der Waals surface area contributed by atoms with E-state index in [9.17, 15) is 4.79 Å². The first-order valence-corrected chi connectivity index (χ1v) is 4.64. The molecule has 1 aromatic heterocycles. The minimum absolute atomic E-state index is 0.108. The van der Waals surface area contributed by atoms with Gasteiger partial charge >= 0.3 is 0 Å². The minimum Gasteiger partial charge on any atom is -0.346 e. The van der Waals surface area contributed by atoms with Gasteiger partial charge in [-0.05, 0) is 20.8 Å². The molecule has 3 nitrogen and oxygen atoms in total. The lowest BCUT2D eigenvalue weighted by atomic mass is 10.1. The molecule has 0 aliphatic rings. The summed E-state index contributed by atoms with van der Waals surface area (Å²) in [6.45, 7) is 5.83. The van der Waals surface area contributed by atoms with Gasteiger partial charge in [0.2, 0.25) is 0 Å². The summed E-state index contributed by atoms with van der Waals surface area (Å²) in [5.74, 6) is -0.108. The van der Waals surface area contributed by atoms with E-state index in [1.165, 1.54) is 11.3 Å². The Morgan fingerprint density at radius 2 is 2.25 bits per heavy atom. The topological polar surface area (TPSA) is 42.0 Å². The van der Waals surface area contributed by atoms with Crippen molar-refractivity contribution in [1.82, 2.24) is 10.3 Å². The number of carbonyl (C=O) groups excluding carboxylic acids is 1. The second-order valence-electron chi connectivity index (χ2n) is 3.58. The summed E-state index contributed by atoms with van der Waals surface area (Å²) in [7, 11) is 0. The van der Waals surface area contributed by atoms with Crippen molar-refractivity contribution in [1.29, 1.82) is 0 Å². The maximum atomic E-state index is 11.4. The van der Waals surface area contributed by atoms with E-state index < -0.39 is 0 Å². The summed E-state index contributed by atoms with van der Waals surface area (Å²) < 4.78 is 0. The van der Waals surface area contributed by atoms with Crippen molar-refractivity contribution in [3.8, 4) is 0 Å². The molecule has 66 valence electrons. The maximum Gasteiger partial charge on any atom is 0.271 e. The van der Waals surface area contributed by atoms with Crippen LogP contribution in [-0.2, 0) is 0 Å². The fourth-order valence-corrected chi connectivity index (χ4v) is 1.26. The molecule has 0 aromatic carbocycles. The third-order valence-electron chi connectivity index (χ3n) is 1.15. The molecule has 1 aromatic rings. The average molecular weight is 184 g/mol. The number of aromatic nitrogens is 1. The number of hydrogen-bond donors (Lipinski definition) is 1. The van der Waals surface area contributed by atoms with Crippen LogP contribution in [0.3, 0.4) is 0 Å². The lowest BCUT2D eigenvalue weighted by Gasteiger charge is -2.19. The number of hydrogen-bond acceptors (Lipinski definition) is 3. The SMILES string of the molecule is CC(C)(C)NC(=O)c1cscn1. The molecule has 1 heterocycles. The van der Waals surface area contributed by atoms with Crippen molar-refractivity contribution in [2.75, 3.05) is 0 Å². The molecule has 1 amide bonds. The Hall–Kier alpha value is -0.900.